The number of hydrogen-bond donors (Lipinski definition) is 1. The quantitative estimate of drug-likeness (QED) is 0.929. The van der Waals surface area contributed by atoms with Crippen molar-refractivity contribution in [2.75, 3.05) is 20.1 Å². The number of piperazine rings is 1. The van der Waals surface area contributed by atoms with E-state index in [9.17, 15) is 0 Å². The second-order valence-electron chi connectivity index (χ2n) is 6.34. The van der Waals surface area contributed by atoms with Crippen LogP contribution in [0.5, 0.6) is 0 Å². The zero-order valence-corrected chi connectivity index (χ0v) is 12.9. The van der Waals surface area contributed by atoms with Crippen LogP contribution in [0.2, 0.25) is 0 Å². The van der Waals surface area contributed by atoms with E-state index in [1.807, 2.05) is 0 Å². The van der Waals surface area contributed by atoms with Crippen molar-refractivity contribution in [3.8, 4) is 0 Å². The van der Waals surface area contributed by atoms with Crippen molar-refractivity contribution in [3.63, 3.8) is 0 Å². The van der Waals surface area contributed by atoms with Gasteiger partial charge in [-0.2, -0.15) is 0 Å². The summed E-state index contributed by atoms with van der Waals surface area (Å²) in [7, 11) is 2.25. The maximum Gasteiger partial charge on any atom is 0.0535 e. The molecule has 3 rings (SSSR count). The molecule has 1 saturated heterocycles. The lowest BCUT2D eigenvalue weighted by Gasteiger charge is -2.45. The monoisotopic (exact) mass is 280 g/mol. The lowest BCUT2D eigenvalue weighted by Crippen LogP contribution is -2.60. The zero-order chi connectivity index (χ0) is 14.7. The van der Waals surface area contributed by atoms with Crippen LogP contribution >= 0.6 is 0 Å². The van der Waals surface area contributed by atoms with Crippen molar-refractivity contribution < 1.29 is 0 Å². The van der Waals surface area contributed by atoms with Gasteiger partial charge in [0.15, 0.2) is 0 Å². The molecule has 2 aromatic rings. The Morgan fingerprint density at radius 1 is 1.05 bits per heavy atom. The number of rotatable bonds is 3. The molecule has 1 heterocycles. The predicted molar refractivity (Wildman–Crippen MR) is 88.4 cm³/mol. The average molecular weight is 280 g/mol. The maximum absolute atomic E-state index is 3.77. The van der Waals surface area contributed by atoms with Crippen LogP contribution in [0.25, 0.3) is 0 Å². The fourth-order valence-corrected chi connectivity index (χ4v) is 3.30. The molecule has 0 radical (unpaired) electrons. The molecule has 2 nitrogen and oxygen atoms in total. The highest BCUT2D eigenvalue weighted by Gasteiger charge is 2.35. The minimum atomic E-state index is 0.0448. The molecule has 2 heteroatoms. The molecular formula is C19H24N2. The Bertz CT molecular complexity index is 567. The smallest absolute Gasteiger partial charge is 0.0535 e. The topological polar surface area (TPSA) is 15.3 Å². The summed E-state index contributed by atoms with van der Waals surface area (Å²) < 4.78 is 0. The van der Waals surface area contributed by atoms with Crippen molar-refractivity contribution in [2.45, 2.75) is 24.9 Å². The maximum atomic E-state index is 3.77. The van der Waals surface area contributed by atoms with Gasteiger partial charge in [0.1, 0.15) is 0 Å². The Hall–Kier alpha value is -1.64. The van der Waals surface area contributed by atoms with E-state index >= 15 is 0 Å². The number of nitrogens with one attached hydrogen (secondary N) is 1. The Balaban J connectivity index is 1.70. The molecule has 1 aliphatic rings. The van der Waals surface area contributed by atoms with Crippen LogP contribution in [0.4, 0.5) is 0 Å². The van der Waals surface area contributed by atoms with Gasteiger partial charge in [-0.25, -0.2) is 0 Å². The first-order valence-electron chi connectivity index (χ1n) is 7.72. The van der Waals surface area contributed by atoms with Crippen molar-refractivity contribution in [3.05, 3.63) is 71.8 Å². The van der Waals surface area contributed by atoms with Gasteiger partial charge >= 0.3 is 0 Å². The van der Waals surface area contributed by atoms with Gasteiger partial charge in [0, 0.05) is 19.1 Å². The van der Waals surface area contributed by atoms with Crippen LogP contribution in [0.3, 0.4) is 0 Å². The predicted octanol–water partition coefficient (Wildman–Crippen LogP) is 3.05. The molecule has 0 spiro atoms. The van der Waals surface area contributed by atoms with E-state index in [4.69, 9.17) is 0 Å². The third-order valence-electron chi connectivity index (χ3n) is 4.64. The fourth-order valence-electron chi connectivity index (χ4n) is 3.30. The lowest BCUT2D eigenvalue weighted by atomic mass is 9.87. The van der Waals surface area contributed by atoms with E-state index in [1.54, 1.807) is 0 Å². The van der Waals surface area contributed by atoms with Crippen molar-refractivity contribution in [1.82, 2.24) is 10.2 Å². The van der Waals surface area contributed by atoms with Crippen molar-refractivity contribution in [2.24, 2.45) is 0 Å². The van der Waals surface area contributed by atoms with Crippen LogP contribution in [0.1, 0.15) is 18.1 Å². The summed E-state index contributed by atoms with van der Waals surface area (Å²) in [5, 5.41) is 3.77. The van der Waals surface area contributed by atoms with E-state index in [-0.39, 0.29) is 5.54 Å². The highest BCUT2D eigenvalue weighted by atomic mass is 15.2. The molecule has 21 heavy (non-hydrogen) atoms. The first-order valence-corrected chi connectivity index (χ1v) is 7.72. The third kappa shape index (κ3) is 3.17. The minimum absolute atomic E-state index is 0.0448. The Morgan fingerprint density at radius 2 is 1.67 bits per heavy atom. The summed E-state index contributed by atoms with van der Waals surface area (Å²) in [5.74, 6) is 0. The van der Waals surface area contributed by atoms with Gasteiger partial charge in [-0.05, 0) is 31.5 Å². The summed E-state index contributed by atoms with van der Waals surface area (Å²) >= 11 is 0. The molecule has 0 amide bonds. The second kappa shape index (κ2) is 6.00. The molecule has 0 saturated carbocycles. The molecule has 0 aromatic heterocycles. The van der Waals surface area contributed by atoms with Gasteiger partial charge in [-0.15, -0.1) is 0 Å². The number of nitrogens with zero attached hydrogens (tertiary/aromatic N) is 1. The van der Waals surface area contributed by atoms with E-state index < -0.39 is 0 Å². The van der Waals surface area contributed by atoms with Gasteiger partial charge < -0.3 is 5.32 Å². The van der Waals surface area contributed by atoms with Crippen LogP contribution in [-0.4, -0.2) is 31.1 Å². The Labute approximate surface area is 127 Å². The first kappa shape index (κ1) is 14.3. The van der Waals surface area contributed by atoms with Gasteiger partial charge in [0.2, 0.25) is 0 Å². The summed E-state index contributed by atoms with van der Waals surface area (Å²) in [5.41, 5.74) is 2.83. The standard InChI is InChI=1S/C19H24N2/c1-19(17-11-7-4-8-12-17)15-21(2)18(14-20-19)13-16-9-5-3-6-10-16/h3-12,18,20H,13-15H2,1-2H3. The number of likely N-dealkylation sites (N-methyl/N-ethyl adjacent to an activating group) is 1. The van der Waals surface area contributed by atoms with E-state index in [2.05, 4.69) is 84.9 Å². The summed E-state index contributed by atoms with van der Waals surface area (Å²) in [4.78, 5) is 2.50. The molecule has 2 atom stereocenters. The normalized spacial score (nSPS) is 26.7. The van der Waals surface area contributed by atoms with Crippen LogP contribution in [0.15, 0.2) is 60.7 Å². The molecule has 2 unspecified atom stereocenters. The van der Waals surface area contributed by atoms with E-state index in [0.717, 1.165) is 19.5 Å². The van der Waals surface area contributed by atoms with Gasteiger partial charge in [0.05, 0.1) is 5.54 Å². The van der Waals surface area contributed by atoms with Crippen LogP contribution in [0, 0.1) is 0 Å². The number of benzene rings is 2. The highest BCUT2D eigenvalue weighted by Crippen LogP contribution is 2.26. The molecule has 110 valence electrons. The molecule has 2 aromatic carbocycles. The summed E-state index contributed by atoms with van der Waals surface area (Å²) in [6.45, 7) is 4.36. The number of hydrogen-bond acceptors (Lipinski definition) is 2. The second-order valence-corrected chi connectivity index (χ2v) is 6.34. The highest BCUT2D eigenvalue weighted by molar-refractivity contribution is 5.25. The van der Waals surface area contributed by atoms with Gasteiger partial charge in [-0.3, -0.25) is 4.90 Å². The summed E-state index contributed by atoms with van der Waals surface area (Å²) in [6, 6.07) is 22.1. The van der Waals surface area contributed by atoms with Crippen LogP contribution < -0.4 is 5.32 Å². The fraction of sp³-hybridized carbons (Fsp3) is 0.368. The largest absolute Gasteiger partial charge is 0.305 e. The average Bonchev–Trinajstić information content (AvgIpc) is 2.52. The molecule has 1 fully saturated rings. The molecule has 0 bridgehead atoms. The Kier molecular flexibility index (Phi) is 4.09. The van der Waals surface area contributed by atoms with Gasteiger partial charge in [0.25, 0.3) is 0 Å². The SMILES string of the molecule is CN1CC(C)(c2ccccc2)NCC1Cc1ccccc1. The Morgan fingerprint density at radius 3 is 2.29 bits per heavy atom. The summed E-state index contributed by atoms with van der Waals surface area (Å²) in [6.07, 6.45) is 1.11. The molecule has 1 aliphatic heterocycles. The third-order valence-corrected chi connectivity index (χ3v) is 4.64. The van der Waals surface area contributed by atoms with Crippen molar-refractivity contribution >= 4 is 0 Å². The van der Waals surface area contributed by atoms with E-state index in [1.165, 1.54) is 11.1 Å². The lowest BCUT2D eigenvalue weighted by molar-refractivity contribution is 0.111. The zero-order valence-electron chi connectivity index (χ0n) is 12.9. The molecular weight excluding hydrogens is 256 g/mol. The van der Waals surface area contributed by atoms with Gasteiger partial charge in [-0.1, -0.05) is 60.7 Å². The first-order chi connectivity index (χ1) is 10.2. The van der Waals surface area contributed by atoms with Crippen LogP contribution in [-0.2, 0) is 12.0 Å². The molecule has 0 aliphatic carbocycles. The molecule has 1 N–H and O–H groups in total. The minimum Gasteiger partial charge on any atom is -0.305 e. The van der Waals surface area contributed by atoms with E-state index in [0.29, 0.717) is 6.04 Å². The van der Waals surface area contributed by atoms with Crippen molar-refractivity contribution in [1.29, 1.82) is 0 Å².